The molecule has 0 spiro atoms. The van der Waals surface area contributed by atoms with Gasteiger partial charge in [-0.05, 0) is 6.42 Å². The largest absolute Gasteiger partial charge is 0.350 e. The van der Waals surface area contributed by atoms with Crippen LogP contribution in [0.3, 0.4) is 0 Å². The van der Waals surface area contributed by atoms with Crippen molar-refractivity contribution < 1.29 is 9.72 Å². The molecule has 0 saturated carbocycles. The molecule has 98 valence electrons. The van der Waals surface area contributed by atoms with Gasteiger partial charge in [0, 0.05) is 19.4 Å². The normalized spacial score (nSPS) is 10.3. The van der Waals surface area contributed by atoms with Gasteiger partial charge in [0.2, 0.25) is 0 Å². The first-order valence-corrected chi connectivity index (χ1v) is 5.45. The molecule has 0 atom stereocenters. The average Bonchev–Trinajstić information content (AvgIpc) is 2.31. The van der Waals surface area contributed by atoms with Crippen LogP contribution in [0.25, 0.3) is 0 Å². The third-order valence-corrected chi connectivity index (χ3v) is 2.44. The van der Waals surface area contributed by atoms with E-state index < -0.39 is 21.9 Å². The smallest absolute Gasteiger partial charge is 0.300 e. The topological polar surface area (TPSA) is 115 Å². The van der Waals surface area contributed by atoms with E-state index in [-0.39, 0.29) is 12.3 Å². The first-order chi connectivity index (χ1) is 8.45. The molecular formula is C10H13N3O5. The van der Waals surface area contributed by atoms with Gasteiger partial charge in [-0.2, -0.15) is 0 Å². The number of aromatic nitrogens is 2. The molecule has 8 nitrogen and oxygen atoms in total. The van der Waals surface area contributed by atoms with Gasteiger partial charge in [0.1, 0.15) is 5.78 Å². The van der Waals surface area contributed by atoms with E-state index >= 15 is 0 Å². The van der Waals surface area contributed by atoms with Crippen LogP contribution in [0.1, 0.15) is 26.2 Å². The van der Waals surface area contributed by atoms with E-state index in [1.807, 2.05) is 4.98 Å². The number of aromatic amines is 1. The predicted molar refractivity (Wildman–Crippen MR) is 62.5 cm³/mol. The highest BCUT2D eigenvalue weighted by Crippen LogP contribution is 2.01. The maximum absolute atomic E-state index is 11.4. The van der Waals surface area contributed by atoms with Crippen LogP contribution >= 0.6 is 0 Å². The molecule has 0 aliphatic carbocycles. The molecule has 1 heterocycles. The molecule has 0 aliphatic rings. The van der Waals surface area contributed by atoms with Crippen molar-refractivity contribution in [2.24, 2.45) is 0 Å². The molecule has 1 rings (SSSR count). The molecule has 0 saturated heterocycles. The summed E-state index contributed by atoms with van der Waals surface area (Å²) >= 11 is 0. The molecule has 1 N–H and O–H groups in total. The molecule has 8 heteroatoms. The predicted octanol–water partition coefficient (Wildman–Crippen LogP) is 0.204. The number of aryl methyl sites for hydroxylation is 1. The summed E-state index contributed by atoms with van der Waals surface area (Å²) in [6.45, 7) is 1.89. The van der Waals surface area contributed by atoms with Gasteiger partial charge >= 0.3 is 16.9 Å². The number of nitro groups is 1. The van der Waals surface area contributed by atoms with Crippen LogP contribution in [0.2, 0.25) is 0 Å². The van der Waals surface area contributed by atoms with Crippen molar-refractivity contribution in [3.8, 4) is 0 Å². The van der Waals surface area contributed by atoms with Crippen molar-refractivity contribution in [2.45, 2.75) is 32.7 Å². The van der Waals surface area contributed by atoms with Gasteiger partial charge in [0.05, 0.1) is 11.1 Å². The SMILES string of the molecule is CCC(=O)CCCn1cc([N+](=O)[O-])c(=O)[nH]c1=O. The highest BCUT2D eigenvalue weighted by Gasteiger charge is 2.14. The fraction of sp³-hybridized carbons (Fsp3) is 0.500. The Morgan fingerprint density at radius 3 is 2.72 bits per heavy atom. The van der Waals surface area contributed by atoms with Gasteiger partial charge in [0.25, 0.3) is 0 Å². The summed E-state index contributed by atoms with van der Waals surface area (Å²) in [6, 6.07) is 0. The Hall–Kier alpha value is -2.25. The first-order valence-electron chi connectivity index (χ1n) is 5.45. The quantitative estimate of drug-likeness (QED) is 0.576. The van der Waals surface area contributed by atoms with E-state index in [0.29, 0.717) is 19.3 Å². The van der Waals surface area contributed by atoms with Gasteiger partial charge in [-0.1, -0.05) is 6.92 Å². The second-order valence-corrected chi connectivity index (χ2v) is 3.72. The van der Waals surface area contributed by atoms with Crippen LogP contribution in [0, 0.1) is 10.1 Å². The zero-order chi connectivity index (χ0) is 13.7. The van der Waals surface area contributed by atoms with Crippen LogP contribution in [0.5, 0.6) is 0 Å². The molecule has 1 aromatic heterocycles. The second-order valence-electron chi connectivity index (χ2n) is 3.72. The number of carbonyl (C=O) groups excluding carboxylic acids is 1. The lowest BCUT2D eigenvalue weighted by Crippen LogP contribution is -2.30. The van der Waals surface area contributed by atoms with Crippen LogP contribution < -0.4 is 11.2 Å². The molecule has 0 aromatic carbocycles. The standard InChI is InChI=1S/C10H13N3O5/c1-2-7(14)4-3-5-12-6-8(13(17)18)9(15)11-10(12)16/h6H,2-5H2,1H3,(H,11,15,16). The van der Waals surface area contributed by atoms with Crippen molar-refractivity contribution >= 4 is 11.5 Å². The highest BCUT2D eigenvalue weighted by molar-refractivity contribution is 5.77. The van der Waals surface area contributed by atoms with Crippen LogP contribution in [0.4, 0.5) is 5.69 Å². The van der Waals surface area contributed by atoms with Crippen molar-refractivity contribution in [2.75, 3.05) is 0 Å². The molecular weight excluding hydrogens is 242 g/mol. The Kier molecular flexibility index (Phi) is 4.52. The number of carbonyl (C=O) groups is 1. The van der Waals surface area contributed by atoms with Gasteiger partial charge in [-0.15, -0.1) is 0 Å². The lowest BCUT2D eigenvalue weighted by Gasteiger charge is -2.03. The molecule has 0 unspecified atom stereocenters. The van der Waals surface area contributed by atoms with E-state index in [2.05, 4.69) is 0 Å². The molecule has 18 heavy (non-hydrogen) atoms. The number of hydrogen-bond donors (Lipinski definition) is 1. The minimum Gasteiger partial charge on any atom is -0.300 e. The van der Waals surface area contributed by atoms with Crippen LogP contribution in [0.15, 0.2) is 15.8 Å². The van der Waals surface area contributed by atoms with E-state index in [9.17, 15) is 24.5 Å². The number of ketones is 1. The Labute approximate surface area is 101 Å². The fourth-order valence-corrected chi connectivity index (χ4v) is 1.42. The van der Waals surface area contributed by atoms with Crippen LogP contribution in [-0.2, 0) is 11.3 Å². The first kappa shape index (κ1) is 13.8. The molecule has 0 radical (unpaired) electrons. The van der Waals surface area contributed by atoms with Gasteiger partial charge in [-0.25, -0.2) is 4.79 Å². The summed E-state index contributed by atoms with van der Waals surface area (Å²) in [5.74, 6) is 0.0574. The maximum atomic E-state index is 11.4. The molecule has 1 aromatic rings. The number of hydrogen-bond acceptors (Lipinski definition) is 5. The number of nitrogens with zero attached hydrogens (tertiary/aromatic N) is 2. The highest BCUT2D eigenvalue weighted by atomic mass is 16.6. The zero-order valence-corrected chi connectivity index (χ0v) is 9.84. The van der Waals surface area contributed by atoms with E-state index in [0.717, 1.165) is 10.8 Å². The monoisotopic (exact) mass is 255 g/mol. The van der Waals surface area contributed by atoms with Crippen LogP contribution in [-0.4, -0.2) is 20.3 Å². The Morgan fingerprint density at radius 1 is 1.50 bits per heavy atom. The van der Waals surface area contributed by atoms with Gasteiger partial charge in [0.15, 0.2) is 0 Å². The fourth-order valence-electron chi connectivity index (χ4n) is 1.42. The third-order valence-electron chi connectivity index (χ3n) is 2.44. The Balaban J connectivity index is 2.86. The summed E-state index contributed by atoms with van der Waals surface area (Å²) in [5.41, 5.74) is -2.42. The minimum atomic E-state index is -1.02. The van der Waals surface area contributed by atoms with E-state index in [4.69, 9.17) is 0 Å². The zero-order valence-electron chi connectivity index (χ0n) is 9.84. The molecule has 0 fully saturated rings. The summed E-state index contributed by atoms with van der Waals surface area (Å²) in [7, 11) is 0. The summed E-state index contributed by atoms with van der Waals surface area (Å²) in [4.78, 5) is 45.1. The van der Waals surface area contributed by atoms with Crippen molar-refractivity contribution in [3.05, 3.63) is 37.1 Å². The number of H-pyrrole nitrogens is 1. The Morgan fingerprint density at radius 2 is 2.17 bits per heavy atom. The lowest BCUT2D eigenvalue weighted by molar-refractivity contribution is -0.386. The van der Waals surface area contributed by atoms with Gasteiger partial charge < -0.3 is 0 Å². The van der Waals surface area contributed by atoms with E-state index in [1.165, 1.54) is 0 Å². The van der Waals surface area contributed by atoms with Crippen molar-refractivity contribution in [1.29, 1.82) is 0 Å². The maximum Gasteiger partial charge on any atom is 0.350 e. The number of nitrogens with one attached hydrogen (secondary N) is 1. The molecule has 0 amide bonds. The van der Waals surface area contributed by atoms with E-state index in [1.54, 1.807) is 6.92 Å². The minimum absolute atomic E-state index is 0.0574. The Bertz CT molecular complexity index is 572. The summed E-state index contributed by atoms with van der Waals surface area (Å²) in [5, 5.41) is 10.5. The molecule has 0 aliphatic heterocycles. The van der Waals surface area contributed by atoms with Crippen molar-refractivity contribution in [3.63, 3.8) is 0 Å². The lowest BCUT2D eigenvalue weighted by atomic mass is 10.2. The number of rotatable bonds is 6. The summed E-state index contributed by atoms with van der Waals surface area (Å²) in [6.07, 6.45) is 2.02. The molecule has 0 bridgehead atoms. The average molecular weight is 255 g/mol. The van der Waals surface area contributed by atoms with Gasteiger partial charge in [-0.3, -0.25) is 29.3 Å². The summed E-state index contributed by atoms with van der Waals surface area (Å²) < 4.78 is 1.03. The van der Waals surface area contributed by atoms with Crippen molar-refractivity contribution in [1.82, 2.24) is 9.55 Å². The third kappa shape index (κ3) is 3.37. The number of Topliss-reactive ketones (excluding diaryl/α,β-unsaturated/α-hetero) is 1. The second kappa shape index (κ2) is 5.89.